The second kappa shape index (κ2) is 5.85. The molecule has 0 saturated carbocycles. The third kappa shape index (κ3) is 2.93. The van der Waals surface area contributed by atoms with Crippen molar-refractivity contribution in [3.05, 3.63) is 18.5 Å². The van der Waals surface area contributed by atoms with E-state index < -0.39 is 0 Å². The SMILES string of the molecule is c1cnn(C[C@@H]2CCCN2C[C@H]2CCCCO2)c1. The molecule has 4 heteroatoms. The van der Waals surface area contributed by atoms with Gasteiger partial charge in [-0.1, -0.05) is 0 Å². The van der Waals surface area contributed by atoms with E-state index in [1.807, 2.05) is 12.3 Å². The van der Waals surface area contributed by atoms with Gasteiger partial charge in [0.15, 0.2) is 0 Å². The Kier molecular flexibility index (Phi) is 3.96. The average Bonchev–Trinajstić information content (AvgIpc) is 3.04. The van der Waals surface area contributed by atoms with Crippen molar-refractivity contribution in [3.63, 3.8) is 0 Å². The highest BCUT2D eigenvalue weighted by Gasteiger charge is 2.28. The predicted octanol–water partition coefficient (Wildman–Crippen LogP) is 1.92. The monoisotopic (exact) mass is 249 g/mol. The van der Waals surface area contributed by atoms with Gasteiger partial charge in [0.05, 0.1) is 12.6 Å². The molecule has 0 bridgehead atoms. The standard InChI is InChI=1S/C14H23N3O/c1-2-10-18-14(6-1)12-16-8-3-5-13(16)11-17-9-4-7-15-17/h4,7,9,13-14H,1-3,5-6,8,10-12H2/t13-,14+/m0/s1. The first kappa shape index (κ1) is 12.2. The summed E-state index contributed by atoms with van der Waals surface area (Å²) in [5.74, 6) is 0. The van der Waals surface area contributed by atoms with Crippen molar-refractivity contribution in [2.75, 3.05) is 19.7 Å². The van der Waals surface area contributed by atoms with E-state index in [9.17, 15) is 0 Å². The van der Waals surface area contributed by atoms with Gasteiger partial charge in [0, 0.05) is 31.6 Å². The van der Waals surface area contributed by atoms with Crippen LogP contribution in [0.1, 0.15) is 32.1 Å². The highest BCUT2D eigenvalue weighted by molar-refractivity contribution is 4.85. The summed E-state index contributed by atoms with van der Waals surface area (Å²) >= 11 is 0. The normalized spacial score (nSPS) is 29.8. The topological polar surface area (TPSA) is 30.3 Å². The fourth-order valence-electron chi connectivity index (χ4n) is 3.18. The number of aromatic nitrogens is 2. The lowest BCUT2D eigenvalue weighted by Crippen LogP contribution is -2.40. The number of likely N-dealkylation sites (tertiary alicyclic amines) is 1. The quantitative estimate of drug-likeness (QED) is 0.816. The molecule has 100 valence electrons. The summed E-state index contributed by atoms with van der Waals surface area (Å²) in [6.45, 7) is 4.33. The Labute approximate surface area is 109 Å². The van der Waals surface area contributed by atoms with Crippen LogP contribution in [0.25, 0.3) is 0 Å². The van der Waals surface area contributed by atoms with Gasteiger partial charge in [-0.15, -0.1) is 0 Å². The molecule has 0 aromatic carbocycles. The average molecular weight is 249 g/mol. The molecule has 0 aliphatic carbocycles. The van der Waals surface area contributed by atoms with Crippen LogP contribution in [-0.4, -0.2) is 46.5 Å². The molecule has 1 aromatic heterocycles. The summed E-state index contributed by atoms with van der Waals surface area (Å²) in [6, 6.07) is 2.65. The van der Waals surface area contributed by atoms with Crippen molar-refractivity contribution in [1.82, 2.24) is 14.7 Å². The van der Waals surface area contributed by atoms with Crippen molar-refractivity contribution in [2.24, 2.45) is 0 Å². The molecule has 4 nitrogen and oxygen atoms in total. The molecule has 0 spiro atoms. The summed E-state index contributed by atoms with van der Waals surface area (Å²) in [5.41, 5.74) is 0. The molecule has 2 saturated heterocycles. The second-order valence-electron chi connectivity index (χ2n) is 5.51. The minimum atomic E-state index is 0.469. The van der Waals surface area contributed by atoms with E-state index >= 15 is 0 Å². The molecule has 0 N–H and O–H groups in total. The van der Waals surface area contributed by atoms with Gasteiger partial charge in [-0.25, -0.2) is 0 Å². The van der Waals surface area contributed by atoms with Gasteiger partial charge in [0.2, 0.25) is 0 Å². The van der Waals surface area contributed by atoms with Crippen LogP contribution < -0.4 is 0 Å². The van der Waals surface area contributed by atoms with Crippen molar-refractivity contribution in [1.29, 1.82) is 0 Å². The Morgan fingerprint density at radius 1 is 1.17 bits per heavy atom. The molecule has 2 aliphatic rings. The lowest BCUT2D eigenvalue weighted by atomic mass is 10.1. The van der Waals surface area contributed by atoms with Crippen LogP contribution in [0.15, 0.2) is 18.5 Å². The zero-order valence-electron chi connectivity index (χ0n) is 11.0. The largest absolute Gasteiger partial charge is 0.377 e. The molecular formula is C14H23N3O. The Hall–Kier alpha value is -0.870. The molecule has 2 aliphatic heterocycles. The third-order valence-electron chi connectivity index (χ3n) is 4.17. The Balaban J connectivity index is 1.53. The first-order valence-electron chi connectivity index (χ1n) is 7.25. The van der Waals surface area contributed by atoms with Crippen molar-refractivity contribution in [2.45, 2.75) is 50.8 Å². The van der Waals surface area contributed by atoms with E-state index in [2.05, 4.69) is 20.9 Å². The van der Waals surface area contributed by atoms with Crippen LogP contribution in [0, 0.1) is 0 Å². The minimum Gasteiger partial charge on any atom is -0.377 e. The Morgan fingerprint density at radius 2 is 2.17 bits per heavy atom. The predicted molar refractivity (Wildman–Crippen MR) is 70.4 cm³/mol. The number of hydrogen-bond acceptors (Lipinski definition) is 3. The van der Waals surface area contributed by atoms with Gasteiger partial charge in [0.25, 0.3) is 0 Å². The molecule has 0 radical (unpaired) electrons. The molecule has 3 heterocycles. The summed E-state index contributed by atoms with van der Waals surface area (Å²) in [5, 5.41) is 4.32. The lowest BCUT2D eigenvalue weighted by Gasteiger charge is -2.31. The third-order valence-corrected chi connectivity index (χ3v) is 4.17. The van der Waals surface area contributed by atoms with Crippen LogP contribution in [0.4, 0.5) is 0 Å². The highest BCUT2D eigenvalue weighted by atomic mass is 16.5. The van der Waals surface area contributed by atoms with Gasteiger partial charge < -0.3 is 4.74 Å². The first-order valence-corrected chi connectivity index (χ1v) is 7.25. The van der Waals surface area contributed by atoms with E-state index in [0.29, 0.717) is 12.1 Å². The van der Waals surface area contributed by atoms with Crippen LogP contribution >= 0.6 is 0 Å². The van der Waals surface area contributed by atoms with E-state index in [0.717, 1.165) is 19.7 Å². The van der Waals surface area contributed by atoms with Crippen molar-refractivity contribution in [3.8, 4) is 0 Å². The maximum absolute atomic E-state index is 5.86. The first-order chi connectivity index (χ1) is 8.92. The van der Waals surface area contributed by atoms with Gasteiger partial charge >= 0.3 is 0 Å². The maximum Gasteiger partial charge on any atom is 0.0702 e. The summed E-state index contributed by atoms with van der Waals surface area (Å²) < 4.78 is 7.92. The molecule has 0 unspecified atom stereocenters. The smallest absolute Gasteiger partial charge is 0.0702 e. The molecule has 18 heavy (non-hydrogen) atoms. The molecule has 1 aromatic rings. The number of rotatable bonds is 4. The number of ether oxygens (including phenoxy) is 1. The molecule has 2 fully saturated rings. The van der Waals surface area contributed by atoms with Crippen molar-refractivity contribution < 1.29 is 4.74 Å². The fraction of sp³-hybridized carbons (Fsp3) is 0.786. The maximum atomic E-state index is 5.86. The zero-order chi connectivity index (χ0) is 12.2. The summed E-state index contributed by atoms with van der Waals surface area (Å²) in [4.78, 5) is 2.61. The van der Waals surface area contributed by atoms with E-state index in [1.165, 1.54) is 38.6 Å². The highest BCUT2D eigenvalue weighted by Crippen LogP contribution is 2.22. The zero-order valence-corrected chi connectivity index (χ0v) is 11.0. The van der Waals surface area contributed by atoms with Crippen LogP contribution in [-0.2, 0) is 11.3 Å². The lowest BCUT2D eigenvalue weighted by molar-refractivity contribution is -0.00910. The molecule has 2 atom stereocenters. The molecule has 0 amide bonds. The number of hydrogen-bond donors (Lipinski definition) is 0. The van der Waals surface area contributed by atoms with Gasteiger partial charge in [-0.05, 0) is 44.7 Å². The van der Waals surface area contributed by atoms with E-state index in [4.69, 9.17) is 4.74 Å². The minimum absolute atomic E-state index is 0.469. The van der Waals surface area contributed by atoms with Gasteiger partial charge in [-0.2, -0.15) is 5.10 Å². The van der Waals surface area contributed by atoms with Crippen LogP contribution in [0.3, 0.4) is 0 Å². The molecular weight excluding hydrogens is 226 g/mol. The summed E-state index contributed by atoms with van der Waals surface area (Å²) in [7, 11) is 0. The second-order valence-corrected chi connectivity index (χ2v) is 5.51. The number of nitrogens with zero attached hydrogens (tertiary/aromatic N) is 3. The van der Waals surface area contributed by atoms with Crippen molar-refractivity contribution >= 4 is 0 Å². The van der Waals surface area contributed by atoms with E-state index in [-0.39, 0.29) is 0 Å². The Morgan fingerprint density at radius 3 is 2.94 bits per heavy atom. The van der Waals surface area contributed by atoms with Crippen LogP contribution in [0.5, 0.6) is 0 Å². The van der Waals surface area contributed by atoms with Crippen LogP contribution in [0.2, 0.25) is 0 Å². The fourth-order valence-corrected chi connectivity index (χ4v) is 3.18. The summed E-state index contributed by atoms with van der Waals surface area (Å²) in [6.07, 6.45) is 10.8. The Bertz CT molecular complexity index is 346. The molecule has 3 rings (SSSR count). The van der Waals surface area contributed by atoms with Gasteiger partial charge in [0.1, 0.15) is 0 Å². The van der Waals surface area contributed by atoms with E-state index in [1.54, 1.807) is 0 Å². The van der Waals surface area contributed by atoms with Gasteiger partial charge in [-0.3, -0.25) is 9.58 Å².